The zero-order valence-electron chi connectivity index (χ0n) is 10.7. The zero-order chi connectivity index (χ0) is 13.1. The quantitative estimate of drug-likeness (QED) is 0.850. The highest BCUT2D eigenvalue weighted by Gasteiger charge is 2.09. The van der Waals surface area contributed by atoms with Crippen molar-refractivity contribution >= 4 is 12.2 Å². The van der Waals surface area contributed by atoms with Crippen LogP contribution in [0, 0.1) is 11.7 Å². The van der Waals surface area contributed by atoms with Gasteiger partial charge in [-0.15, -0.1) is 0 Å². The molecule has 0 aliphatic rings. The van der Waals surface area contributed by atoms with E-state index in [1.807, 2.05) is 51.1 Å². The normalized spacial score (nSPS) is 10.7. The minimum absolute atomic E-state index is 0.130. The highest BCUT2D eigenvalue weighted by molar-refractivity contribution is 7.71. The van der Waals surface area contributed by atoms with Crippen molar-refractivity contribution < 1.29 is 4.74 Å². The molecule has 0 aliphatic heterocycles. The van der Waals surface area contributed by atoms with E-state index in [1.54, 1.807) is 0 Å². The molecule has 0 amide bonds. The smallest absolute Gasteiger partial charge is 0.197 e. The number of hydrogen-bond acceptors (Lipinski definition) is 3. The molecule has 0 saturated heterocycles. The van der Waals surface area contributed by atoms with Gasteiger partial charge in [0.15, 0.2) is 4.77 Å². The number of hydrogen-bond donors (Lipinski definition) is 1. The molecule has 2 rings (SSSR count). The molecule has 0 spiro atoms. The first-order valence-corrected chi connectivity index (χ1v) is 6.31. The van der Waals surface area contributed by atoms with Crippen molar-refractivity contribution in [3.8, 4) is 17.0 Å². The monoisotopic (exact) mass is 260 g/mol. The van der Waals surface area contributed by atoms with Crippen molar-refractivity contribution in [2.75, 3.05) is 0 Å². The molecule has 1 heterocycles. The number of H-pyrrole nitrogens is 1. The van der Waals surface area contributed by atoms with Crippen molar-refractivity contribution in [1.29, 1.82) is 0 Å². The molecular weight excluding hydrogens is 244 g/mol. The van der Waals surface area contributed by atoms with Crippen LogP contribution in [0.2, 0.25) is 0 Å². The molecule has 0 unspecified atom stereocenters. The second kappa shape index (κ2) is 5.31. The molecule has 0 aliphatic carbocycles. The molecule has 0 radical (unpaired) electrons. The summed E-state index contributed by atoms with van der Waals surface area (Å²) < 4.78 is 6.29. The molecule has 4 heteroatoms. The summed E-state index contributed by atoms with van der Waals surface area (Å²) in [6.45, 7) is 5.98. The van der Waals surface area contributed by atoms with Gasteiger partial charge in [-0.3, -0.25) is 0 Å². The van der Waals surface area contributed by atoms with Gasteiger partial charge in [-0.2, -0.15) is 0 Å². The van der Waals surface area contributed by atoms with Gasteiger partial charge in [-0.25, -0.2) is 4.98 Å². The number of ether oxygens (including phenoxy) is 1. The van der Waals surface area contributed by atoms with Gasteiger partial charge >= 0.3 is 0 Å². The number of nitrogens with zero attached hydrogens (tertiary/aromatic N) is 1. The van der Waals surface area contributed by atoms with Crippen molar-refractivity contribution in [2.24, 2.45) is 0 Å². The molecule has 1 N–H and O–H groups in total. The fourth-order valence-corrected chi connectivity index (χ4v) is 2.01. The maximum absolute atomic E-state index is 5.80. The first-order chi connectivity index (χ1) is 8.56. The van der Waals surface area contributed by atoms with E-state index < -0.39 is 0 Å². The first kappa shape index (κ1) is 12.8. The van der Waals surface area contributed by atoms with Crippen LogP contribution >= 0.6 is 12.2 Å². The minimum Gasteiger partial charge on any atom is -0.490 e. The Bertz CT molecular complexity index is 605. The Morgan fingerprint density at radius 3 is 2.67 bits per heavy atom. The molecule has 0 atom stereocenters. The third-order valence-corrected chi connectivity index (χ3v) is 2.60. The van der Waals surface area contributed by atoms with Crippen molar-refractivity contribution in [3.05, 3.63) is 40.8 Å². The molecule has 1 aromatic heterocycles. The lowest BCUT2D eigenvalue weighted by molar-refractivity contribution is 0.243. The second-order valence-corrected chi connectivity index (χ2v) is 4.80. The molecule has 2 aromatic rings. The van der Waals surface area contributed by atoms with Gasteiger partial charge < -0.3 is 9.72 Å². The molecule has 18 heavy (non-hydrogen) atoms. The SMILES string of the molecule is Cc1cc(-c2ccccc2OC(C)C)nc(=S)[nH]1. The third kappa shape index (κ3) is 2.96. The lowest BCUT2D eigenvalue weighted by Crippen LogP contribution is -2.06. The maximum atomic E-state index is 5.80. The zero-order valence-corrected chi connectivity index (χ0v) is 11.5. The Labute approximate surface area is 112 Å². The Kier molecular flexibility index (Phi) is 3.77. The van der Waals surface area contributed by atoms with E-state index in [4.69, 9.17) is 17.0 Å². The van der Waals surface area contributed by atoms with Gasteiger partial charge in [0.2, 0.25) is 0 Å². The van der Waals surface area contributed by atoms with E-state index in [0.29, 0.717) is 4.77 Å². The van der Waals surface area contributed by atoms with E-state index >= 15 is 0 Å². The van der Waals surface area contributed by atoms with Crippen LogP contribution in [0.5, 0.6) is 5.75 Å². The maximum Gasteiger partial charge on any atom is 0.197 e. The molecule has 1 aromatic carbocycles. The van der Waals surface area contributed by atoms with E-state index in [-0.39, 0.29) is 6.10 Å². The van der Waals surface area contributed by atoms with Crippen LogP contribution in [-0.2, 0) is 0 Å². The molecular formula is C14H16N2OS. The summed E-state index contributed by atoms with van der Waals surface area (Å²) in [4.78, 5) is 7.35. The Balaban J connectivity index is 2.52. The molecule has 3 nitrogen and oxygen atoms in total. The second-order valence-electron chi connectivity index (χ2n) is 4.42. The highest BCUT2D eigenvalue weighted by atomic mass is 32.1. The van der Waals surface area contributed by atoms with Gasteiger partial charge in [-0.1, -0.05) is 12.1 Å². The van der Waals surface area contributed by atoms with Gasteiger partial charge in [0.05, 0.1) is 11.8 Å². The van der Waals surface area contributed by atoms with E-state index in [1.165, 1.54) is 0 Å². The number of aromatic amines is 1. The predicted octanol–water partition coefficient (Wildman–Crippen LogP) is 3.90. The fraction of sp³-hybridized carbons (Fsp3) is 0.286. The highest BCUT2D eigenvalue weighted by Crippen LogP contribution is 2.29. The fourth-order valence-electron chi connectivity index (χ4n) is 1.75. The van der Waals surface area contributed by atoms with E-state index in [2.05, 4.69) is 9.97 Å². The van der Waals surface area contributed by atoms with Crippen LogP contribution < -0.4 is 4.74 Å². The summed E-state index contributed by atoms with van der Waals surface area (Å²) in [6, 6.07) is 9.84. The van der Waals surface area contributed by atoms with Crippen LogP contribution in [0.4, 0.5) is 0 Å². The average molecular weight is 260 g/mol. The third-order valence-electron chi connectivity index (χ3n) is 2.41. The standard InChI is InChI=1S/C14H16N2OS/c1-9(2)17-13-7-5-4-6-11(13)12-8-10(3)15-14(18)16-12/h4-9H,1-3H3,(H,15,16,18). The van der Waals surface area contributed by atoms with Crippen LogP contribution in [-0.4, -0.2) is 16.1 Å². The van der Waals surface area contributed by atoms with Gasteiger partial charge in [0.1, 0.15) is 5.75 Å². The topological polar surface area (TPSA) is 37.9 Å². The lowest BCUT2D eigenvalue weighted by atomic mass is 10.1. The van der Waals surface area contributed by atoms with Gasteiger partial charge in [0, 0.05) is 11.3 Å². The van der Waals surface area contributed by atoms with Crippen molar-refractivity contribution in [1.82, 2.24) is 9.97 Å². The predicted molar refractivity (Wildman–Crippen MR) is 75.4 cm³/mol. The minimum atomic E-state index is 0.130. The van der Waals surface area contributed by atoms with E-state index in [0.717, 1.165) is 22.7 Å². The number of para-hydroxylation sites is 1. The van der Waals surface area contributed by atoms with Crippen LogP contribution in [0.3, 0.4) is 0 Å². The van der Waals surface area contributed by atoms with Crippen LogP contribution in [0.25, 0.3) is 11.3 Å². The summed E-state index contributed by atoms with van der Waals surface area (Å²) in [5.41, 5.74) is 2.80. The summed E-state index contributed by atoms with van der Waals surface area (Å²) in [7, 11) is 0. The Morgan fingerprint density at radius 2 is 2.00 bits per heavy atom. The van der Waals surface area contributed by atoms with Crippen LogP contribution in [0.1, 0.15) is 19.5 Å². The van der Waals surface area contributed by atoms with Crippen molar-refractivity contribution in [3.63, 3.8) is 0 Å². The molecule has 94 valence electrons. The Morgan fingerprint density at radius 1 is 1.28 bits per heavy atom. The van der Waals surface area contributed by atoms with Gasteiger partial charge in [-0.05, 0) is 51.2 Å². The number of aromatic nitrogens is 2. The number of aryl methyl sites for hydroxylation is 1. The molecule has 0 bridgehead atoms. The summed E-state index contributed by atoms with van der Waals surface area (Å²) in [6.07, 6.45) is 0.130. The largest absolute Gasteiger partial charge is 0.490 e. The summed E-state index contributed by atoms with van der Waals surface area (Å²) in [5.74, 6) is 0.833. The van der Waals surface area contributed by atoms with Crippen LogP contribution in [0.15, 0.2) is 30.3 Å². The van der Waals surface area contributed by atoms with Gasteiger partial charge in [0.25, 0.3) is 0 Å². The van der Waals surface area contributed by atoms with E-state index in [9.17, 15) is 0 Å². The molecule has 0 saturated carbocycles. The summed E-state index contributed by atoms with van der Waals surface area (Å²) >= 11 is 5.11. The first-order valence-electron chi connectivity index (χ1n) is 5.90. The number of nitrogens with one attached hydrogen (secondary N) is 1. The number of benzene rings is 1. The lowest BCUT2D eigenvalue weighted by Gasteiger charge is -2.13. The Hall–Kier alpha value is -1.68. The molecule has 0 fully saturated rings. The van der Waals surface area contributed by atoms with Crippen molar-refractivity contribution in [2.45, 2.75) is 26.9 Å². The summed E-state index contributed by atoms with van der Waals surface area (Å²) in [5, 5.41) is 0. The number of rotatable bonds is 3. The average Bonchev–Trinajstić information content (AvgIpc) is 2.27.